The van der Waals surface area contributed by atoms with Crippen molar-refractivity contribution < 1.29 is 0 Å². The van der Waals surface area contributed by atoms with Crippen LogP contribution >= 0.6 is 15.9 Å². The van der Waals surface area contributed by atoms with Crippen molar-refractivity contribution in [2.75, 3.05) is 0 Å². The lowest BCUT2D eigenvalue weighted by Gasteiger charge is -2.05. The Bertz CT molecular complexity index is 607. The van der Waals surface area contributed by atoms with Gasteiger partial charge in [0.15, 0.2) is 0 Å². The smallest absolute Gasteiger partial charge is 0.267 e. The van der Waals surface area contributed by atoms with E-state index in [1.165, 1.54) is 0 Å². The van der Waals surface area contributed by atoms with Crippen molar-refractivity contribution in [1.82, 2.24) is 15.2 Å². The van der Waals surface area contributed by atoms with Crippen LogP contribution in [0.4, 0.5) is 0 Å². The Morgan fingerprint density at radius 2 is 2.06 bits per heavy atom. The summed E-state index contributed by atoms with van der Waals surface area (Å²) in [5, 5.41) is 6.34. The fraction of sp³-hybridized carbons (Fsp3) is 0.250. The van der Waals surface area contributed by atoms with Crippen molar-refractivity contribution >= 4 is 15.9 Å². The van der Waals surface area contributed by atoms with Gasteiger partial charge in [-0.15, -0.1) is 0 Å². The molecule has 0 spiro atoms. The Hall–Kier alpha value is -1.49. The lowest BCUT2D eigenvalue weighted by atomic mass is 10.0. The number of nitrogens with one attached hydrogen (secondary N) is 1. The van der Waals surface area contributed by atoms with Gasteiger partial charge in [0.05, 0.1) is 5.69 Å². The van der Waals surface area contributed by atoms with Crippen molar-refractivity contribution in [2.45, 2.75) is 20.3 Å². The van der Waals surface area contributed by atoms with E-state index in [4.69, 9.17) is 0 Å². The molecule has 5 heteroatoms. The van der Waals surface area contributed by atoms with E-state index in [0.717, 1.165) is 21.4 Å². The minimum Gasteiger partial charge on any atom is -0.268 e. The molecule has 1 N–H and O–H groups in total. The number of hydrogen-bond donors (Lipinski definition) is 1. The summed E-state index contributed by atoms with van der Waals surface area (Å²) in [4.78, 5) is 15.8. The first kappa shape index (κ1) is 12.0. The third kappa shape index (κ3) is 2.79. The molecule has 0 bridgehead atoms. The highest BCUT2D eigenvalue weighted by molar-refractivity contribution is 9.10. The molecule has 17 heavy (non-hydrogen) atoms. The Balaban J connectivity index is 2.38. The first-order chi connectivity index (χ1) is 8.06. The second kappa shape index (κ2) is 4.79. The molecule has 0 radical (unpaired) electrons. The monoisotopic (exact) mass is 293 g/mol. The van der Waals surface area contributed by atoms with Crippen molar-refractivity contribution in [3.8, 4) is 0 Å². The molecule has 2 aromatic heterocycles. The summed E-state index contributed by atoms with van der Waals surface area (Å²) in [6, 6.07) is 3.75. The van der Waals surface area contributed by atoms with Crippen LogP contribution < -0.4 is 5.56 Å². The zero-order valence-electron chi connectivity index (χ0n) is 9.62. The van der Waals surface area contributed by atoms with Crippen LogP contribution in [-0.2, 0) is 6.42 Å². The molecule has 2 rings (SSSR count). The standard InChI is InChI=1S/C12H12BrN3O/c1-7-3-11(13)14-6-10(7)5-9-4-8(2)15-16-12(9)17/h3-4,6H,5H2,1-2H3,(H,16,17). The fourth-order valence-corrected chi connectivity index (χ4v) is 2.08. The number of pyridine rings is 1. The van der Waals surface area contributed by atoms with Crippen LogP contribution in [0, 0.1) is 13.8 Å². The Morgan fingerprint density at radius 3 is 2.76 bits per heavy atom. The molecule has 0 atom stereocenters. The highest BCUT2D eigenvalue weighted by atomic mass is 79.9. The van der Waals surface area contributed by atoms with Gasteiger partial charge in [0, 0.05) is 18.2 Å². The Kier molecular flexibility index (Phi) is 3.38. The summed E-state index contributed by atoms with van der Waals surface area (Å²) in [6.07, 6.45) is 2.36. The predicted molar refractivity (Wildman–Crippen MR) is 69.1 cm³/mol. The SMILES string of the molecule is Cc1cc(Cc2cnc(Br)cc2C)c(=O)[nH]n1. The third-order valence-electron chi connectivity index (χ3n) is 2.58. The number of nitrogens with zero attached hydrogens (tertiary/aromatic N) is 2. The highest BCUT2D eigenvalue weighted by Gasteiger charge is 2.06. The number of rotatable bonds is 2. The number of halogens is 1. The zero-order chi connectivity index (χ0) is 12.4. The van der Waals surface area contributed by atoms with Gasteiger partial charge in [0.1, 0.15) is 4.60 Å². The highest BCUT2D eigenvalue weighted by Crippen LogP contribution is 2.15. The van der Waals surface area contributed by atoms with E-state index in [1.54, 1.807) is 12.3 Å². The van der Waals surface area contributed by atoms with E-state index in [-0.39, 0.29) is 5.56 Å². The van der Waals surface area contributed by atoms with Crippen molar-refractivity contribution in [2.24, 2.45) is 0 Å². The molecule has 0 unspecified atom stereocenters. The largest absolute Gasteiger partial charge is 0.268 e. The number of aromatic amines is 1. The van der Waals surface area contributed by atoms with E-state index >= 15 is 0 Å². The van der Waals surface area contributed by atoms with Gasteiger partial charge >= 0.3 is 0 Å². The molecule has 0 aliphatic heterocycles. The quantitative estimate of drug-likeness (QED) is 0.863. The molecule has 4 nitrogen and oxygen atoms in total. The summed E-state index contributed by atoms with van der Waals surface area (Å²) in [5.41, 5.74) is 3.54. The lowest BCUT2D eigenvalue weighted by Crippen LogP contribution is -2.15. The van der Waals surface area contributed by atoms with Gasteiger partial charge in [-0.3, -0.25) is 4.79 Å². The molecule has 88 valence electrons. The van der Waals surface area contributed by atoms with E-state index < -0.39 is 0 Å². The molecular weight excluding hydrogens is 282 g/mol. The van der Waals surface area contributed by atoms with Crippen LogP contribution in [0.3, 0.4) is 0 Å². The average Bonchev–Trinajstić information content (AvgIpc) is 2.27. The van der Waals surface area contributed by atoms with E-state index in [2.05, 4.69) is 31.1 Å². The third-order valence-corrected chi connectivity index (χ3v) is 3.01. The first-order valence-corrected chi connectivity index (χ1v) is 6.02. The molecule has 0 aliphatic rings. The van der Waals surface area contributed by atoms with Crippen molar-refractivity contribution in [3.05, 3.63) is 55.7 Å². The van der Waals surface area contributed by atoms with E-state index in [0.29, 0.717) is 12.0 Å². The van der Waals surface area contributed by atoms with Crippen LogP contribution in [0.2, 0.25) is 0 Å². The summed E-state index contributed by atoms with van der Waals surface area (Å²) in [5.74, 6) is 0. The molecule has 0 saturated heterocycles. The number of H-pyrrole nitrogens is 1. The van der Waals surface area contributed by atoms with Gasteiger partial charge in [-0.1, -0.05) is 0 Å². The maximum absolute atomic E-state index is 11.6. The minimum absolute atomic E-state index is 0.141. The van der Waals surface area contributed by atoms with Crippen LogP contribution in [0.5, 0.6) is 0 Å². The summed E-state index contributed by atoms with van der Waals surface area (Å²) in [6.45, 7) is 3.86. The van der Waals surface area contributed by atoms with Crippen LogP contribution in [0.1, 0.15) is 22.4 Å². The molecule has 2 heterocycles. The number of aromatic nitrogens is 3. The molecule has 0 amide bonds. The summed E-state index contributed by atoms with van der Waals surface area (Å²) >= 11 is 3.32. The molecule has 0 fully saturated rings. The molecule has 0 saturated carbocycles. The van der Waals surface area contributed by atoms with Gasteiger partial charge in [-0.05, 0) is 53.0 Å². The van der Waals surface area contributed by atoms with Crippen molar-refractivity contribution in [3.63, 3.8) is 0 Å². The van der Waals surface area contributed by atoms with E-state index in [1.807, 2.05) is 19.9 Å². The van der Waals surface area contributed by atoms with E-state index in [9.17, 15) is 4.79 Å². The number of hydrogen-bond acceptors (Lipinski definition) is 3. The fourth-order valence-electron chi connectivity index (χ4n) is 1.63. The normalized spacial score (nSPS) is 10.5. The average molecular weight is 294 g/mol. The molecule has 2 aromatic rings. The molecule has 0 aliphatic carbocycles. The predicted octanol–water partition coefficient (Wildman–Crippen LogP) is 2.14. The minimum atomic E-state index is -0.141. The van der Waals surface area contributed by atoms with Crippen molar-refractivity contribution in [1.29, 1.82) is 0 Å². The maximum atomic E-state index is 11.6. The lowest BCUT2D eigenvalue weighted by molar-refractivity contribution is 0.909. The second-order valence-corrected chi connectivity index (χ2v) is 4.79. The summed E-state index contributed by atoms with van der Waals surface area (Å²) < 4.78 is 0.804. The zero-order valence-corrected chi connectivity index (χ0v) is 11.2. The topological polar surface area (TPSA) is 58.6 Å². The van der Waals surface area contributed by atoms with Gasteiger partial charge < -0.3 is 0 Å². The van der Waals surface area contributed by atoms with Gasteiger partial charge in [0.2, 0.25) is 0 Å². The van der Waals surface area contributed by atoms with Gasteiger partial charge in [0.25, 0.3) is 5.56 Å². The first-order valence-electron chi connectivity index (χ1n) is 5.22. The van der Waals surface area contributed by atoms with Gasteiger partial charge in [-0.2, -0.15) is 5.10 Å². The summed E-state index contributed by atoms with van der Waals surface area (Å²) in [7, 11) is 0. The molecular formula is C12H12BrN3O. The van der Waals surface area contributed by atoms with Gasteiger partial charge in [-0.25, -0.2) is 10.1 Å². The van der Waals surface area contributed by atoms with Crippen LogP contribution in [-0.4, -0.2) is 15.2 Å². The second-order valence-electron chi connectivity index (χ2n) is 3.97. The Labute approximate surface area is 107 Å². The Morgan fingerprint density at radius 1 is 1.29 bits per heavy atom. The number of aryl methyl sites for hydroxylation is 2. The van der Waals surface area contributed by atoms with Crippen LogP contribution in [0.15, 0.2) is 27.7 Å². The molecule has 0 aromatic carbocycles. The van der Waals surface area contributed by atoms with Crippen LogP contribution in [0.25, 0.3) is 0 Å². The maximum Gasteiger partial charge on any atom is 0.267 e.